The molecule has 6 nitrogen and oxygen atoms in total. The molecule has 0 radical (unpaired) electrons. The normalized spacial score (nSPS) is 14.6. The number of carbonyl (C=O) groups is 1. The average Bonchev–Trinajstić information content (AvgIpc) is 3.22. The Hall–Kier alpha value is -3.12. The van der Waals surface area contributed by atoms with Crippen LogP contribution < -0.4 is 4.74 Å². The summed E-state index contributed by atoms with van der Waals surface area (Å²) in [7, 11) is 0. The van der Waals surface area contributed by atoms with Crippen LogP contribution in [0.5, 0.6) is 5.75 Å². The quantitative estimate of drug-likeness (QED) is 0.481. The van der Waals surface area contributed by atoms with Crippen molar-refractivity contribution in [1.82, 2.24) is 19.6 Å². The van der Waals surface area contributed by atoms with E-state index in [-0.39, 0.29) is 5.91 Å². The maximum atomic E-state index is 13.1. The zero-order valence-electron chi connectivity index (χ0n) is 20.8. The summed E-state index contributed by atoms with van der Waals surface area (Å²) in [4.78, 5) is 17.5. The van der Waals surface area contributed by atoms with Crippen LogP contribution in [0.25, 0.3) is 0 Å². The molecule has 1 aliphatic rings. The van der Waals surface area contributed by atoms with Gasteiger partial charge in [-0.3, -0.25) is 14.4 Å². The van der Waals surface area contributed by atoms with Gasteiger partial charge in [0.25, 0.3) is 5.91 Å². The SMILES string of the molecule is CCn1cc(CN2CCN(C(=O)c3cccc(COc4ccc(C(C)C)cc4)c3)CC2)c(C)n1. The van der Waals surface area contributed by atoms with Gasteiger partial charge in [0.15, 0.2) is 0 Å². The van der Waals surface area contributed by atoms with E-state index in [9.17, 15) is 4.79 Å². The van der Waals surface area contributed by atoms with Crippen LogP contribution in [-0.2, 0) is 19.7 Å². The Labute approximate surface area is 203 Å². The van der Waals surface area contributed by atoms with Crippen LogP contribution in [0.1, 0.15) is 59.4 Å². The fraction of sp³-hybridized carbons (Fsp3) is 0.429. The van der Waals surface area contributed by atoms with Crippen molar-refractivity contribution in [3.8, 4) is 5.75 Å². The van der Waals surface area contributed by atoms with E-state index in [1.807, 2.05) is 46.0 Å². The number of hydrogen-bond donors (Lipinski definition) is 0. The van der Waals surface area contributed by atoms with Gasteiger partial charge in [0, 0.05) is 56.6 Å². The van der Waals surface area contributed by atoms with Gasteiger partial charge in [-0.2, -0.15) is 5.10 Å². The average molecular weight is 461 g/mol. The first-order valence-electron chi connectivity index (χ1n) is 12.3. The molecule has 34 heavy (non-hydrogen) atoms. The van der Waals surface area contributed by atoms with E-state index in [1.54, 1.807) is 0 Å². The molecule has 0 unspecified atom stereocenters. The minimum atomic E-state index is 0.0952. The van der Waals surface area contributed by atoms with Gasteiger partial charge in [0.2, 0.25) is 0 Å². The summed E-state index contributed by atoms with van der Waals surface area (Å²) >= 11 is 0. The summed E-state index contributed by atoms with van der Waals surface area (Å²) in [6.45, 7) is 14.0. The summed E-state index contributed by atoms with van der Waals surface area (Å²) in [5.74, 6) is 1.44. The zero-order chi connectivity index (χ0) is 24.1. The molecule has 0 bridgehead atoms. The topological polar surface area (TPSA) is 50.6 Å². The highest BCUT2D eigenvalue weighted by Gasteiger charge is 2.23. The molecule has 2 aromatic carbocycles. The second-order valence-electron chi connectivity index (χ2n) is 9.38. The first-order chi connectivity index (χ1) is 16.4. The molecule has 1 aromatic heterocycles. The molecule has 1 aliphatic heterocycles. The number of nitrogens with zero attached hydrogens (tertiary/aromatic N) is 4. The molecule has 4 rings (SSSR count). The van der Waals surface area contributed by atoms with E-state index in [2.05, 4.69) is 56.0 Å². The molecule has 1 fully saturated rings. The van der Waals surface area contributed by atoms with Crippen molar-refractivity contribution in [3.05, 3.63) is 82.7 Å². The summed E-state index contributed by atoms with van der Waals surface area (Å²) in [6.07, 6.45) is 2.14. The van der Waals surface area contributed by atoms with Gasteiger partial charge in [-0.25, -0.2) is 0 Å². The van der Waals surface area contributed by atoms with Gasteiger partial charge in [0.05, 0.1) is 5.69 Å². The van der Waals surface area contributed by atoms with Crippen molar-refractivity contribution in [1.29, 1.82) is 0 Å². The standard InChI is InChI=1S/C28H36N4O2/c1-5-32-19-26(22(4)29-32)18-30-13-15-31(16-14-30)28(33)25-8-6-7-23(17-25)20-34-27-11-9-24(10-12-27)21(2)3/h6-12,17,19,21H,5,13-16,18,20H2,1-4H3. The molecule has 0 atom stereocenters. The number of carbonyl (C=O) groups excluding carboxylic acids is 1. The highest BCUT2D eigenvalue weighted by molar-refractivity contribution is 5.94. The number of aryl methyl sites for hydroxylation is 2. The van der Waals surface area contributed by atoms with Gasteiger partial charge in [-0.15, -0.1) is 0 Å². The van der Waals surface area contributed by atoms with E-state index in [0.29, 0.717) is 12.5 Å². The molecule has 1 amide bonds. The number of hydrogen-bond acceptors (Lipinski definition) is 4. The summed E-state index contributed by atoms with van der Waals surface area (Å²) in [5, 5.41) is 4.55. The molecule has 0 spiro atoms. The molecule has 1 saturated heterocycles. The van der Waals surface area contributed by atoms with Crippen molar-refractivity contribution >= 4 is 5.91 Å². The monoisotopic (exact) mass is 460 g/mol. The Bertz CT molecular complexity index is 1100. The summed E-state index contributed by atoms with van der Waals surface area (Å²) in [6, 6.07) is 16.1. The number of ether oxygens (including phenoxy) is 1. The van der Waals surface area contributed by atoms with E-state index in [0.717, 1.165) is 61.8 Å². The van der Waals surface area contributed by atoms with Crippen LogP contribution in [0.15, 0.2) is 54.7 Å². The molecular formula is C28H36N4O2. The number of benzene rings is 2. The fourth-order valence-corrected chi connectivity index (χ4v) is 4.32. The van der Waals surface area contributed by atoms with Gasteiger partial charge < -0.3 is 9.64 Å². The van der Waals surface area contributed by atoms with Gasteiger partial charge in [0.1, 0.15) is 12.4 Å². The Balaban J connectivity index is 1.30. The van der Waals surface area contributed by atoms with Crippen LogP contribution in [-0.4, -0.2) is 51.7 Å². The van der Waals surface area contributed by atoms with Crippen molar-refractivity contribution in [3.63, 3.8) is 0 Å². The van der Waals surface area contributed by atoms with Crippen LogP contribution in [0.2, 0.25) is 0 Å². The molecule has 0 saturated carbocycles. The summed E-state index contributed by atoms with van der Waals surface area (Å²) < 4.78 is 7.95. The van der Waals surface area contributed by atoms with E-state index < -0.39 is 0 Å². The molecule has 0 N–H and O–H groups in total. The van der Waals surface area contributed by atoms with Crippen molar-refractivity contribution < 1.29 is 9.53 Å². The Morgan fingerprint density at radius 3 is 2.44 bits per heavy atom. The second kappa shape index (κ2) is 10.9. The fourth-order valence-electron chi connectivity index (χ4n) is 4.32. The first kappa shape index (κ1) is 24.0. The molecule has 6 heteroatoms. The Morgan fingerprint density at radius 2 is 1.79 bits per heavy atom. The van der Waals surface area contributed by atoms with Crippen LogP contribution >= 0.6 is 0 Å². The van der Waals surface area contributed by atoms with E-state index >= 15 is 0 Å². The highest BCUT2D eigenvalue weighted by atomic mass is 16.5. The molecular weight excluding hydrogens is 424 g/mol. The molecule has 0 aliphatic carbocycles. The van der Waals surface area contributed by atoms with Crippen LogP contribution in [0.4, 0.5) is 0 Å². The number of piperazine rings is 1. The largest absolute Gasteiger partial charge is 0.489 e. The van der Waals surface area contributed by atoms with E-state index in [4.69, 9.17) is 4.74 Å². The maximum Gasteiger partial charge on any atom is 0.253 e. The lowest BCUT2D eigenvalue weighted by atomic mass is 10.0. The van der Waals surface area contributed by atoms with Gasteiger partial charge in [-0.1, -0.05) is 38.1 Å². The minimum absolute atomic E-state index is 0.0952. The molecule has 3 aromatic rings. The van der Waals surface area contributed by atoms with Gasteiger partial charge in [-0.05, 0) is 55.2 Å². The minimum Gasteiger partial charge on any atom is -0.489 e. The number of rotatable bonds is 8. The lowest BCUT2D eigenvalue weighted by Gasteiger charge is -2.34. The van der Waals surface area contributed by atoms with Crippen LogP contribution in [0, 0.1) is 6.92 Å². The van der Waals surface area contributed by atoms with Gasteiger partial charge >= 0.3 is 0 Å². The lowest BCUT2D eigenvalue weighted by molar-refractivity contribution is 0.0628. The highest BCUT2D eigenvalue weighted by Crippen LogP contribution is 2.20. The lowest BCUT2D eigenvalue weighted by Crippen LogP contribution is -2.48. The maximum absolute atomic E-state index is 13.1. The Kier molecular flexibility index (Phi) is 7.68. The third-order valence-electron chi connectivity index (χ3n) is 6.55. The van der Waals surface area contributed by atoms with Crippen molar-refractivity contribution in [2.45, 2.75) is 53.3 Å². The smallest absolute Gasteiger partial charge is 0.253 e. The predicted molar refractivity (Wildman–Crippen MR) is 135 cm³/mol. The molecule has 180 valence electrons. The number of aromatic nitrogens is 2. The first-order valence-corrected chi connectivity index (χ1v) is 12.3. The van der Waals surface area contributed by atoms with E-state index in [1.165, 1.54) is 11.1 Å². The second-order valence-corrected chi connectivity index (χ2v) is 9.38. The third-order valence-corrected chi connectivity index (χ3v) is 6.55. The zero-order valence-corrected chi connectivity index (χ0v) is 20.8. The predicted octanol–water partition coefficient (Wildman–Crippen LogP) is 4.87. The number of amides is 1. The third kappa shape index (κ3) is 5.86. The molecule has 2 heterocycles. The van der Waals surface area contributed by atoms with Crippen molar-refractivity contribution in [2.75, 3.05) is 26.2 Å². The summed E-state index contributed by atoms with van der Waals surface area (Å²) in [5.41, 5.74) is 5.39. The van der Waals surface area contributed by atoms with Crippen molar-refractivity contribution in [2.24, 2.45) is 0 Å². The van der Waals surface area contributed by atoms with Crippen LogP contribution in [0.3, 0.4) is 0 Å². The Morgan fingerprint density at radius 1 is 1.06 bits per heavy atom.